The minimum atomic E-state index is -5.00. The molecule has 3 aromatic rings. The summed E-state index contributed by atoms with van der Waals surface area (Å²) < 4.78 is 40.0. The van der Waals surface area contributed by atoms with E-state index in [1.807, 2.05) is 0 Å². The molecule has 7 N–H and O–H groups in total. The highest BCUT2D eigenvalue weighted by molar-refractivity contribution is 7.84. The molecule has 0 saturated carbocycles. The number of nitrogen functional groups attached to an aromatic ring is 1. The molecule has 0 radical (unpaired) electrons. The quantitative estimate of drug-likeness (QED) is 0.0442. The van der Waals surface area contributed by atoms with Gasteiger partial charge in [-0.1, -0.05) is 5.16 Å². The molecular weight excluding hydrogens is 678 g/mol. The van der Waals surface area contributed by atoms with Crippen molar-refractivity contribution in [3.63, 3.8) is 0 Å². The molecule has 3 amide bonds. The van der Waals surface area contributed by atoms with Gasteiger partial charge in [-0.25, -0.2) is 24.1 Å². The summed E-state index contributed by atoms with van der Waals surface area (Å²) in [6.07, 6.45) is 3.44. The van der Waals surface area contributed by atoms with Gasteiger partial charge in [0.05, 0.1) is 18.8 Å². The number of nitrogens with two attached hydrogens (primary N) is 1. The van der Waals surface area contributed by atoms with Crippen molar-refractivity contribution in [1.82, 2.24) is 45.0 Å². The van der Waals surface area contributed by atoms with E-state index in [1.165, 1.54) is 34.7 Å². The monoisotopic (exact) mass is 707 g/mol. The van der Waals surface area contributed by atoms with Gasteiger partial charge in [-0.3, -0.25) is 23.6 Å². The molecule has 5 rings (SSSR count). The normalized spacial score (nSPS) is 19.2. The van der Waals surface area contributed by atoms with Gasteiger partial charge in [-0.2, -0.15) is 13.5 Å². The number of rotatable bonds is 14. The van der Waals surface area contributed by atoms with E-state index in [1.54, 1.807) is 0 Å². The van der Waals surface area contributed by atoms with E-state index in [0.29, 0.717) is 0 Å². The third kappa shape index (κ3) is 8.17. The summed E-state index contributed by atoms with van der Waals surface area (Å²) in [4.78, 5) is 67.4. The van der Waals surface area contributed by atoms with Crippen LogP contribution in [0.15, 0.2) is 41.5 Å². The molecule has 0 aromatic carbocycles. The lowest BCUT2D eigenvalue weighted by molar-refractivity contribution is -0.152. The number of hydrogen-bond acceptors (Lipinski definition) is 16. The highest BCUT2D eigenvalue weighted by Crippen LogP contribution is 2.25. The van der Waals surface area contributed by atoms with Gasteiger partial charge in [0.2, 0.25) is 0 Å². The lowest BCUT2D eigenvalue weighted by atomic mass is 9.98. The molecule has 0 aliphatic carbocycles. The average molecular weight is 708 g/mol. The second-order valence-corrected chi connectivity index (χ2v) is 12.6. The molecular formula is C25H29N11O10S2. The predicted octanol–water partition coefficient (Wildman–Crippen LogP) is -2.35. The number of carbonyl (C=O) groups is 4. The van der Waals surface area contributed by atoms with Crippen molar-refractivity contribution in [2.45, 2.75) is 43.6 Å². The Hall–Kier alpha value is -5.26. The number of carbonyl (C=O) groups excluding carboxylic acids is 3. The van der Waals surface area contributed by atoms with Crippen LogP contribution in [-0.2, 0) is 36.1 Å². The Kier molecular flexibility index (Phi) is 10.4. The van der Waals surface area contributed by atoms with Crippen molar-refractivity contribution in [2.24, 2.45) is 5.16 Å². The van der Waals surface area contributed by atoms with Crippen molar-refractivity contribution in [1.29, 1.82) is 0 Å². The Bertz CT molecular complexity index is 1780. The first-order chi connectivity index (χ1) is 22.9. The van der Waals surface area contributed by atoms with Crippen LogP contribution in [0, 0.1) is 0 Å². The number of carboxylic acid groups (broad SMARTS) is 1. The summed E-state index contributed by atoms with van der Waals surface area (Å²) in [5.74, 6) is -4.03. The fourth-order valence-electron chi connectivity index (χ4n) is 4.73. The summed E-state index contributed by atoms with van der Waals surface area (Å²) in [6, 6.07) is 0.0681. The van der Waals surface area contributed by atoms with Crippen molar-refractivity contribution in [3.05, 3.63) is 47.8 Å². The van der Waals surface area contributed by atoms with Crippen LogP contribution in [-0.4, -0.2) is 120 Å². The summed E-state index contributed by atoms with van der Waals surface area (Å²) >= 11 is 0.922. The SMILES string of the molecule is Nc1nc(/C(=N/O[C@@H](COc2ccc(C(=O)NC3CCNCC3)nc2)C(=O)O)C(=O)N[C@@H]2C(=O)N(S(=O)(=O)O)[C@@H]2Cn2cncn2)cs1. The zero-order chi connectivity index (χ0) is 34.4. The molecule has 0 bridgehead atoms. The number of hydrogen-bond donors (Lipinski definition) is 6. The molecule has 2 saturated heterocycles. The third-order valence-corrected chi connectivity index (χ3v) is 8.74. The molecule has 3 atom stereocenters. The van der Waals surface area contributed by atoms with Crippen LogP contribution in [0.2, 0.25) is 0 Å². The molecule has 21 nitrogen and oxygen atoms in total. The molecule has 48 heavy (non-hydrogen) atoms. The number of β-lactam (4-membered cyclic amide) rings is 1. The fourth-order valence-corrected chi connectivity index (χ4v) is 6.15. The Morgan fingerprint density at radius 3 is 2.58 bits per heavy atom. The van der Waals surface area contributed by atoms with E-state index >= 15 is 0 Å². The molecule has 23 heteroatoms. The number of oxime groups is 1. The number of nitrogens with one attached hydrogen (secondary N) is 3. The summed E-state index contributed by atoms with van der Waals surface area (Å²) in [7, 11) is -5.00. The van der Waals surface area contributed by atoms with Crippen LogP contribution in [0.3, 0.4) is 0 Å². The van der Waals surface area contributed by atoms with E-state index < -0.39 is 58.6 Å². The Balaban J connectivity index is 1.26. The maximum atomic E-state index is 13.3. The van der Waals surface area contributed by atoms with Crippen LogP contribution in [0.4, 0.5) is 5.13 Å². The first kappa shape index (κ1) is 34.1. The predicted molar refractivity (Wildman–Crippen MR) is 163 cm³/mol. The molecule has 0 spiro atoms. The lowest BCUT2D eigenvalue weighted by Crippen LogP contribution is -2.73. The van der Waals surface area contributed by atoms with Gasteiger partial charge < -0.3 is 36.4 Å². The minimum Gasteiger partial charge on any atom is -0.487 e. The molecule has 2 aliphatic rings. The van der Waals surface area contributed by atoms with E-state index in [-0.39, 0.29) is 45.1 Å². The van der Waals surface area contributed by atoms with E-state index in [4.69, 9.17) is 15.3 Å². The van der Waals surface area contributed by atoms with Crippen LogP contribution in [0.25, 0.3) is 0 Å². The standard InChI is InChI=1S/C25H29N11O10S2/c26-25-32-16(10-47-25)19(22(38)33-20-17(8-35-12-28-11-30-35)36(23(20)39)48(42,43)44)34-46-18(24(40)41)9-45-14-1-2-15(29-7-14)21(37)31-13-3-5-27-6-4-13/h1-2,7,10-13,17-18,20,27H,3-6,8-9H2,(H2,26,32)(H,31,37)(H,33,38)(H,40,41)(H,42,43,44)/b34-19-/t17-,18+,20+/m1/s1. The number of carboxylic acids is 1. The second-order valence-electron chi connectivity index (χ2n) is 10.4. The fraction of sp³-hybridized carbons (Fsp3) is 0.400. The van der Waals surface area contributed by atoms with Crippen LogP contribution in [0.5, 0.6) is 5.75 Å². The summed E-state index contributed by atoms with van der Waals surface area (Å²) in [5.41, 5.74) is 5.09. The summed E-state index contributed by atoms with van der Waals surface area (Å²) in [6.45, 7) is 0.709. The van der Waals surface area contributed by atoms with Crippen LogP contribution >= 0.6 is 11.3 Å². The number of pyridine rings is 1. The molecule has 5 heterocycles. The number of ether oxygens (including phenoxy) is 1. The zero-order valence-corrected chi connectivity index (χ0v) is 26.3. The van der Waals surface area contributed by atoms with Gasteiger partial charge >= 0.3 is 16.3 Å². The van der Waals surface area contributed by atoms with Gasteiger partial charge in [0.15, 0.2) is 10.8 Å². The molecule has 256 valence electrons. The van der Waals surface area contributed by atoms with E-state index in [2.05, 4.69) is 41.2 Å². The van der Waals surface area contributed by atoms with Crippen LogP contribution in [0.1, 0.15) is 29.0 Å². The number of aromatic nitrogens is 5. The highest BCUT2D eigenvalue weighted by Gasteiger charge is 2.54. The zero-order valence-electron chi connectivity index (χ0n) is 24.7. The molecule has 2 aliphatic heterocycles. The van der Waals surface area contributed by atoms with E-state index in [9.17, 15) is 37.3 Å². The lowest BCUT2D eigenvalue weighted by Gasteiger charge is -2.43. The number of thiazole rings is 1. The minimum absolute atomic E-state index is 0.0188. The van der Waals surface area contributed by atoms with Crippen LogP contribution < -0.4 is 26.4 Å². The molecule has 2 fully saturated rings. The number of nitrogens with zero attached hydrogens (tertiary/aromatic N) is 7. The van der Waals surface area contributed by atoms with E-state index in [0.717, 1.165) is 43.6 Å². The average Bonchev–Trinajstić information content (AvgIpc) is 3.73. The van der Waals surface area contributed by atoms with Gasteiger partial charge in [0.1, 0.15) is 42.4 Å². The van der Waals surface area contributed by atoms with Gasteiger partial charge in [-0.15, -0.1) is 11.3 Å². The molecule has 0 unspecified atom stereocenters. The second kappa shape index (κ2) is 14.7. The van der Waals surface area contributed by atoms with Gasteiger partial charge in [-0.05, 0) is 38.1 Å². The topological polar surface area (TPSA) is 296 Å². The number of piperidine rings is 1. The maximum Gasteiger partial charge on any atom is 0.362 e. The molecule has 3 aromatic heterocycles. The largest absolute Gasteiger partial charge is 0.487 e. The Morgan fingerprint density at radius 2 is 1.98 bits per heavy atom. The van der Waals surface area contributed by atoms with Crippen molar-refractivity contribution < 1.29 is 46.8 Å². The smallest absolute Gasteiger partial charge is 0.362 e. The van der Waals surface area contributed by atoms with Gasteiger partial charge in [0.25, 0.3) is 23.8 Å². The number of anilines is 1. The number of aliphatic carboxylic acids is 1. The Morgan fingerprint density at radius 1 is 1.21 bits per heavy atom. The first-order valence-corrected chi connectivity index (χ1v) is 16.4. The first-order valence-electron chi connectivity index (χ1n) is 14.1. The van der Waals surface area contributed by atoms with Gasteiger partial charge in [0, 0.05) is 11.4 Å². The number of amides is 3. The Labute approximate surface area is 275 Å². The van der Waals surface area contributed by atoms with Crippen molar-refractivity contribution in [2.75, 3.05) is 25.4 Å². The highest BCUT2D eigenvalue weighted by atomic mass is 32.2. The van der Waals surface area contributed by atoms with Crippen molar-refractivity contribution >= 4 is 56.2 Å². The third-order valence-electron chi connectivity index (χ3n) is 7.12. The van der Waals surface area contributed by atoms with Crippen molar-refractivity contribution in [3.8, 4) is 5.75 Å². The maximum absolute atomic E-state index is 13.3. The summed E-state index contributed by atoms with van der Waals surface area (Å²) in [5, 5.41) is 27.0.